The van der Waals surface area contributed by atoms with Gasteiger partial charge in [-0.3, -0.25) is 9.20 Å². The zero-order chi connectivity index (χ0) is 18.5. The Morgan fingerprint density at radius 1 is 1.19 bits per heavy atom. The molecule has 150 valence electrons. The van der Waals surface area contributed by atoms with Crippen LogP contribution in [0.25, 0.3) is 0 Å². The first-order chi connectivity index (χ1) is 12.1. The van der Waals surface area contributed by atoms with E-state index in [9.17, 15) is 4.21 Å². The van der Waals surface area contributed by atoms with Gasteiger partial charge in [0.05, 0.1) is 6.10 Å². The molecule has 0 heterocycles. The van der Waals surface area contributed by atoms with Gasteiger partial charge in [-0.15, -0.1) is 24.0 Å². The predicted molar refractivity (Wildman–Crippen MR) is 123 cm³/mol. The number of hydrogen-bond acceptors (Lipinski definition) is 3. The van der Waals surface area contributed by atoms with E-state index in [0.717, 1.165) is 31.1 Å². The highest BCUT2D eigenvalue weighted by Gasteiger charge is 2.13. The molecule has 1 aromatic rings. The van der Waals surface area contributed by atoms with Gasteiger partial charge in [-0.2, -0.15) is 0 Å². The van der Waals surface area contributed by atoms with Crippen LogP contribution < -0.4 is 10.6 Å². The van der Waals surface area contributed by atoms with Crippen molar-refractivity contribution >= 4 is 40.7 Å². The molecule has 0 aliphatic rings. The van der Waals surface area contributed by atoms with Crippen molar-refractivity contribution in [2.45, 2.75) is 39.0 Å². The van der Waals surface area contributed by atoms with Gasteiger partial charge in [0.1, 0.15) is 0 Å². The maximum Gasteiger partial charge on any atom is 0.191 e. The third kappa shape index (κ3) is 11.1. The number of rotatable bonds is 11. The minimum atomic E-state index is -0.877. The van der Waals surface area contributed by atoms with Crippen LogP contribution in [-0.2, 0) is 21.3 Å². The zero-order valence-corrected chi connectivity index (χ0v) is 19.5. The molecule has 7 heteroatoms. The van der Waals surface area contributed by atoms with Crippen LogP contribution in [0.1, 0.15) is 32.8 Å². The first-order valence-corrected chi connectivity index (χ1v) is 10.5. The van der Waals surface area contributed by atoms with Gasteiger partial charge in [0.25, 0.3) is 0 Å². The smallest absolute Gasteiger partial charge is 0.191 e. The molecule has 2 unspecified atom stereocenters. The lowest BCUT2D eigenvalue weighted by molar-refractivity contribution is 0.0258. The second-order valence-electron chi connectivity index (χ2n) is 6.23. The lowest BCUT2D eigenvalue weighted by Gasteiger charge is -2.21. The number of hydrogen-bond donors (Lipinski definition) is 2. The van der Waals surface area contributed by atoms with Crippen molar-refractivity contribution in [3.63, 3.8) is 0 Å². The van der Waals surface area contributed by atoms with Crippen LogP contribution in [0.3, 0.4) is 0 Å². The van der Waals surface area contributed by atoms with Crippen LogP contribution >= 0.6 is 24.0 Å². The Hall–Kier alpha value is -0.670. The second-order valence-corrected chi connectivity index (χ2v) is 7.80. The molecular formula is C19H34IN3O2S. The van der Waals surface area contributed by atoms with Crippen LogP contribution in [0, 0.1) is 5.92 Å². The average Bonchev–Trinajstić information content (AvgIpc) is 2.60. The molecule has 26 heavy (non-hydrogen) atoms. The van der Waals surface area contributed by atoms with Crippen molar-refractivity contribution in [2.75, 3.05) is 32.5 Å². The van der Waals surface area contributed by atoms with Crippen molar-refractivity contribution in [1.29, 1.82) is 0 Å². The fraction of sp³-hybridized carbons (Fsp3) is 0.632. The summed E-state index contributed by atoms with van der Waals surface area (Å²) in [4.78, 5) is 4.21. The summed E-state index contributed by atoms with van der Waals surface area (Å²) in [5.41, 5.74) is 1.11. The second kappa shape index (κ2) is 15.4. The Kier molecular flexibility index (Phi) is 15.0. The lowest BCUT2D eigenvalue weighted by atomic mass is 10.0. The number of benzene rings is 1. The summed E-state index contributed by atoms with van der Waals surface area (Å²) in [6, 6.07) is 9.94. The van der Waals surface area contributed by atoms with Crippen molar-refractivity contribution in [3.8, 4) is 0 Å². The van der Waals surface area contributed by atoms with E-state index in [-0.39, 0.29) is 30.1 Å². The molecule has 2 atom stereocenters. The minimum absolute atomic E-state index is 0. The average molecular weight is 495 g/mol. The highest BCUT2D eigenvalue weighted by Crippen LogP contribution is 2.09. The van der Waals surface area contributed by atoms with E-state index in [1.165, 1.54) is 0 Å². The summed E-state index contributed by atoms with van der Waals surface area (Å²) in [5, 5.41) is 6.52. The molecule has 0 saturated carbocycles. The standard InChI is InChI=1S/C19H33N3O2S.HI/c1-5-24-18(16(2)3)11-12-21-19(20-4)22-13-14-25(23)15-17-9-7-6-8-10-17;/h6-10,16,18H,5,11-15H2,1-4H3,(H2,20,21,22);1H. The number of aliphatic imine (C=N–C) groups is 1. The number of guanidine groups is 1. The summed E-state index contributed by atoms with van der Waals surface area (Å²) >= 11 is 0. The molecule has 0 spiro atoms. The Morgan fingerprint density at radius 3 is 2.42 bits per heavy atom. The van der Waals surface area contributed by atoms with Gasteiger partial charge in [-0.1, -0.05) is 44.2 Å². The van der Waals surface area contributed by atoms with Crippen LogP contribution in [0.15, 0.2) is 35.3 Å². The van der Waals surface area contributed by atoms with E-state index < -0.39 is 10.8 Å². The number of ether oxygens (including phenoxy) is 1. The predicted octanol–water partition coefficient (Wildman–Crippen LogP) is 3.17. The first-order valence-electron chi connectivity index (χ1n) is 9.01. The van der Waals surface area contributed by atoms with Crippen LogP contribution in [0.5, 0.6) is 0 Å². The van der Waals surface area contributed by atoms with Gasteiger partial charge in [0.2, 0.25) is 0 Å². The maximum atomic E-state index is 12.1. The maximum absolute atomic E-state index is 12.1. The van der Waals surface area contributed by atoms with Gasteiger partial charge in [-0.25, -0.2) is 0 Å². The lowest BCUT2D eigenvalue weighted by Crippen LogP contribution is -2.40. The van der Waals surface area contributed by atoms with E-state index >= 15 is 0 Å². The quantitative estimate of drug-likeness (QED) is 0.281. The monoisotopic (exact) mass is 495 g/mol. The molecule has 0 radical (unpaired) electrons. The number of nitrogens with one attached hydrogen (secondary N) is 2. The number of nitrogens with zero attached hydrogens (tertiary/aromatic N) is 1. The van der Waals surface area contributed by atoms with Gasteiger partial charge < -0.3 is 15.4 Å². The summed E-state index contributed by atoms with van der Waals surface area (Å²) < 4.78 is 17.9. The molecular weight excluding hydrogens is 461 g/mol. The topological polar surface area (TPSA) is 62.7 Å². The SMILES string of the molecule is CCOC(CCNC(=NC)NCCS(=O)Cc1ccccc1)C(C)C.I. The summed E-state index contributed by atoms with van der Waals surface area (Å²) in [5.74, 6) is 2.44. The van der Waals surface area contributed by atoms with Crippen molar-refractivity contribution < 1.29 is 8.95 Å². The van der Waals surface area contributed by atoms with Crippen molar-refractivity contribution in [3.05, 3.63) is 35.9 Å². The number of halogens is 1. The van der Waals surface area contributed by atoms with E-state index in [0.29, 0.717) is 24.0 Å². The highest BCUT2D eigenvalue weighted by molar-refractivity contribution is 14.0. The third-order valence-electron chi connectivity index (χ3n) is 3.86. The van der Waals surface area contributed by atoms with E-state index in [4.69, 9.17) is 4.74 Å². The molecule has 2 N–H and O–H groups in total. The Balaban J connectivity index is 0.00000625. The van der Waals surface area contributed by atoms with Gasteiger partial charge in [0.15, 0.2) is 5.96 Å². The third-order valence-corrected chi connectivity index (χ3v) is 5.18. The molecule has 1 aromatic carbocycles. The van der Waals surface area contributed by atoms with Crippen LogP contribution in [0.2, 0.25) is 0 Å². The zero-order valence-electron chi connectivity index (χ0n) is 16.4. The minimum Gasteiger partial charge on any atom is -0.378 e. The Morgan fingerprint density at radius 2 is 1.85 bits per heavy atom. The molecule has 0 saturated heterocycles. The van der Waals surface area contributed by atoms with Crippen molar-refractivity contribution in [1.82, 2.24) is 10.6 Å². The summed E-state index contributed by atoms with van der Waals surface area (Å²) in [7, 11) is 0.872. The Bertz CT molecular complexity index is 527. The van der Waals surface area contributed by atoms with Gasteiger partial charge in [0, 0.05) is 49.0 Å². The van der Waals surface area contributed by atoms with Gasteiger partial charge >= 0.3 is 0 Å². The summed E-state index contributed by atoms with van der Waals surface area (Å²) in [6.07, 6.45) is 1.19. The normalized spacial score (nSPS) is 13.8. The van der Waals surface area contributed by atoms with Crippen molar-refractivity contribution in [2.24, 2.45) is 10.9 Å². The van der Waals surface area contributed by atoms with E-state index in [2.05, 4.69) is 29.5 Å². The largest absolute Gasteiger partial charge is 0.378 e. The molecule has 1 rings (SSSR count). The molecule has 0 aliphatic carbocycles. The fourth-order valence-corrected chi connectivity index (χ4v) is 3.53. The fourth-order valence-electron chi connectivity index (χ4n) is 2.49. The molecule has 5 nitrogen and oxygen atoms in total. The molecule has 0 fully saturated rings. The Labute approximate surface area is 178 Å². The van der Waals surface area contributed by atoms with E-state index in [1.54, 1.807) is 7.05 Å². The molecule has 0 amide bonds. The summed E-state index contributed by atoms with van der Waals surface area (Å²) in [6.45, 7) is 8.56. The van der Waals surface area contributed by atoms with Gasteiger partial charge in [-0.05, 0) is 24.8 Å². The first kappa shape index (κ1) is 25.3. The van der Waals surface area contributed by atoms with Crippen LogP contribution in [0.4, 0.5) is 0 Å². The molecule has 0 aromatic heterocycles. The molecule has 0 bridgehead atoms. The van der Waals surface area contributed by atoms with E-state index in [1.807, 2.05) is 37.3 Å². The highest BCUT2D eigenvalue weighted by atomic mass is 127. The van der Waals surface area contributed by atoms with Crippen LogP contribution in [-0.4, -0.2) is 48.8 Å². The molecule has 0 aliphatic heterocycles.